The van der Waals surface area contributed by atoms with Gasteiger partial charge < -0.3 is 9.84 Å². The number of rotatable bonds is 6. The molecule has 3 rings (SSSR count). The Hall–Kier alpha value is -2.25. The molecule has 1 aromatic carbocycles. The van der Waals surface area contributed by atoms with Crippen molar-refractivity contribution in [3.8, 4) is 10.7 Å². The topological polar surface area (TPSA) is 68.0 Å². The van der Waals surface area contributed by atoms with Crippen LogP contribution in [0.15, 0.2) is 34.9 Å². The van der Waals surface area contributed by atoms with Crippen molar-refractivity contribution >= 4 is 28.8 Å². The molecule has 5 nitrogen and oxygen atoms in total. The Labute approximate surface area is 152 Å². The van der Waals surface area contributed by atoms with E-state index in [1.165, 1.54) is 17.4 Å². The molecule has 2 aromatic heterocycles. The van der Waals surface area contributed by atoms with Gasteiger partial charge in [-0.2, -0.15) is 4.98 Å². The lowest BCUT2D eigenvalue weighted by molar-refractivity contribution is -0.120. The Bertz CT molecular complexity index is 873. The Morgan fingerprint density at radius 1 is 1.36 bits per heavy atom. The molecule has 0 bridgehead atoms. The summed E-state index contributed by atoms with van der Waals surface area (Å²) in [6.45, 7) is 2.27. The predicted molar refractivity (Wildman–Crippen MR) is 94.0 cm³/mol. The second kappa shape index (κ2) is 7.76. The van der Waals surface area contributed by atoms with E-state index in [-0.39, 0.29) is 18.2 Å². The smallest absolute Gasteiger partial charge is 0.231 e. The van der Waals surface area contributed by atoms with Crippen molar-refractivity contribution in [1.82, 2.24) is 15.5 Å². The second-order valence-electron chi connectivity index (χ2n) is 5.28. The van der Waals surface area contributed by atoms with Gasteiger partial charge in [0.25, 0.3) is 0 Å². The summed E-state index contributed by atoms with van der Waals surface area (Å²) < 4.78 is 19.1. The molecule has 0 saturated carbocycles. The summed E-state index contributed by atoms with van der Waals surface area (Å²) in [6, 6.07) is 8.27. The van der Waals surface area contributed by atoms with Gasteiger partial charge in [-0.15, -0.1) is 11.3 Å². The fraction of sp³-hybridized carbons (Fsp3) is 0.235. The molecule has 0 radical (unpaired) electrons. The lowest BCUT2D eigenvalue weighted by atomic mass is 10.1. The molecule has 2 heterocycles. The van der Waals surface area contributed by atoms with Crippen molar-refractivity contribution in [2.75, 3.05) is 0 Å². The molecule has 0 saturated heterocycles. The molecule has 0 unspecified atom stereocenters. The minimum atomic E-state index is -0.405. The van der Waals surface area contributed by atoms with Gasteiger partial charge in [-0.1, -0.05) is 29.7 Å². The number of thiophene rings is 1. The summed E-state index contributed by atoms with van der Waals surface area (Å²) in [7, 11) is 0. The molecule has 0 fully saturated rings. The van der Waals surface area contributed by atoms with Crippen LogP contribution >= 0.6 is 22.9 Å². The second-order valence-corrected chi connectivity index (χ2v) is 6.86. The number of carbonyl (C=O) groups is 1. The van der Waals surface area contributed by atoms with E-state index in [9.17, 15) is 9.18 Å². The van der Waals surface area contributed by atoms with Gasteiger partial charge in [-0.3, -0.25) is 4.79 Å². The zero-order valence-electron chi connectivity index (χ0n) is 13.4. The monoisotopic (exact) mass is 379 g/mol. The van der Waals surface area contributed by atoms with E-state index in [2.05, 4.69) is 15.5 Å². The van der Waals surface area contributed by atoms with Crippen LogP contribution in [0.25, 0.3) is 10.7 Å². The van der Waals surface area contributed by atoms with E-state index >= 15 is 0 Å². The van der Waals surface area contributed by atoms with E-state index in [4.69, 9.17) is 16.1 Å². The van der Waals surface area contributed by atoms with Gasteiger partial charge in [0.1, 0.15) is 5.82 Å². The third-order valence-corrected chi connectivity index (χ3v) is 4.96. The first-order chi connectivity index (χ1) is 12.1. The van der Waals surface area contributed by atoms with Gasteiger partial charge in [-0.05, 0) is 24.3 Å². The highest BCUT2D eigenvalue weighted by atomic mass is 35.5. The van der Waals surface area contributed by atoms with E-state index < -0.39 is 5.82 Å². The van der Waals surface area contributed by atoms with Crippen molar-refractivity contribution in [2.45, 2.75) is 26.3 Å². The van der Waals surface area contributed by atoms with Crippen molar-refractivity contribution < 1.29 is 13.7 Å². The molecule has 1 amide bonds. The SMILES string of the molecule is CCC(=O)NCc1ccc(-c2noc(Cc3c(F)cccc3Cl)n2)s1. The van der Waals surface area contributed by atoms with Crippen molar-refractivity contribution in [1.29, 1.82) is 0 Å². The number of nitrogens with zero attached hydrogens (tertiary/aromatic N) is 2. The maximum Gasteiger partial charge on any atom is 0.231 e. The summed E-state index contributed by atoms with van der Waals surface area (Å²) >= 11 is 7.48. The number of aromatic nitrogens is 2. The van der Waals surface area contributed by atoms with Crippen LogP contribution in [0.4, 0.5) is 4.39 Å². The number of nitrogens with one attached hydrogen (secondary N) is 1. The number of halogens is 2. The standard InChI is InChI=1S/C17H15ClFN3O2S/c1-2-15(23)20-9-10-6-7-14(25-10)17-21-16(24-22-17)8-11-12(18)4-3-5-13(11)19/h3-7H,2,8-9H2,1H3,(H,20,23). The average Bonchev–Trinajstić information content (AvgIpc) is 3.25. The van der Waals surface area contributed by atoms with Gasteiger partial charge in [0.05, 0.1) is 17.8 Å². The summed E-state index contributed by atoms with van der Waals surface area (Å²) in [4.78, 5) is 17.4. The third-order valence-electron chi connectivity index (χ3n) is 3.52. The summed E-state index contributed by atoms with van der Waals surface area (Å²) in [6.07, 6.45) is 0.578. The zero-order valence-corrected chi connectivity index (χ0v) is 15.0. The summed E-state index contributed by atoms with van der Waals surface area (Å²) in [5.74, 6) is 0.313. The molecule has 0 aliphatic carbocycles. The third kappa shape index (κ3) is 4.24. The highest BCUT2D eigenvalue weighted by Gasteiger charge is 2.15. The van der Waals surface area contributed by atoms with Gasteiger partial charge in [-0.25, -0.2) is 4.39 Å². The van der Waals surface area contributed by atoms with Gasteiger partial charge in [0.15, 0.2) is 0 Å². The largest absolute Gasteiger partial charge is 0.351 e. The maximum atomic E-state index is 13.8. The molecule has 0 aliphatic heterocycles. The van der Waals surface area contributed by atoms with E-state index in [0.29, 0.717) is 29.4 Å². The number of amides is 1. The molecule has 0 spiro atoms. The van der Waals surface area contributed by atoms with Crippen LogP contribution in [0.1, 0.15) is 29.7 Å². The molecule has 1 N–H and O–H groups in total. The Balaban J connectivity index is 1.71. The minimum absolute atomic E-state index is 0.00133. The van der Waals surface area contributed by atoms with E-state index in [1.807, 2.05) is 12.1 Å². The quantitative estimate of drug-likeness (QED) is 0.696. The molecule has 8 heteroatoms. The highest BCUT2D eigenvalue weighted by Crippen LogP contribution is 2.27. The average molecular weight is 380 g/mol. The Morgan fingerprint density at radius 3 is 2.96 bits per heavy atom. The molecular weight excluding hydrogens is 365 g/mol. The highest BCUT2D eigenvalue weighted by molar-refractivity contribution is 7.15. The van der Waals surface area contributed by atoms with Crippen LogP contribution in [0.5, 0.6) is 0 Å². The predicted octanol–water partition coefficient (Wildman–Crippen LogP) is 4.21. The number of hydrogen-bond donors (Lipinski definition) is 1. The minimum Gasteiger partial charge on any atom is -0.351 e. The van der Waals surface area contributed by atoms with Crippen LogP contribution < -0.4 is 5.32 Å². The normalized spacial score (nSPS) is 10.8. The molecular formula is C17H15ClFN3O2S. The van der Waals surface area contributed by atoms with Crippen molar-refractivity contribution in [2.24, 2.45) is 0 Å². The number of benzene rings is 1. The van der Waals surface area contributed by atoms with Crippen molar-refractivity contribution in [3.05, 3.63) is 57.5 Å². The Kier molecular flexibility index (Phi) is 5.45. The molecule has 3 aromatic rings. The first kappa shape index (κ1) is 17.6. The number of hydrogen-bond acceptors (Lipinski definition) is 5. The molecule has 25 heavy (non-hydrogen) atoms. The van der Waals surface area contributed by atoms with Crippen molar-refractivity contribution in [3.63, 3.8) is 0 Å². The zero-order chi connectivity index (χ0) is 17.8. The van der Waals surface area contributed by atoms with Gasteiger partial charge >= 0.3 is 0 Å². The van der Waals surface area contributed by atoms with Crippen LogP contribution in [-0.2, 0) is 17.8 Å². The lowest BCUT2D eigenvalue weighted by Crippen LogP contribution is -2.20. The number of carbonyl (C=O) groups excluding carboxylic acids is 1. The Morgan fingerprint density at radius 2 is 2.20 bits per heavy atom. The first-order valence-corrected chi connectivity index (χ1v) is 8.87. The lowest BCUT2D eigenvalue weighted by Gasteiger charge is -2.01. The molecule has 0 aliphatic rings. The maximum absolute atomic E-state index is 13.8. The van der Waals surface area contributed by atoms with Crippen LogP contribution in [-0.4, -0.2) is 16.0 Å². The first-order valence-electron chi connectivity index (χ1n) is 7.68. The van der Waals surface area contributed by atoms with Crippen LogP contribution in [0.2, 0.25) is 5.02 Å². The van der Waals surface area contributed by atoms with Crippen LogP contribution in [0.3, 0.4) is 0 Å². The van der Waals surface area contributed by atoms with E-state index in [1.54, 1.807) is 19.1 Å². The molecule has 0 atom stereocenters. The van der Waals surface area contributed by atoms with Gasteiger partial charge in [0, 0.05) is 21.9 Å². The van der Waals surface area contributed by atoms with E-state index in [0.717, 1.165) is 9.75 Å². The molecule has 130 valence electrons. The fourth-order valence-corrected chi connectivity index (χ4v) is 3.29. The van der Waals surface area contributed by atoms with Crippen LogP contribution in [0, 0.1) is 5.82 Å². The summed E-state index contributed by atoms with van der Waals surface area (Å²) in [5.41, 5.74) is 0.327. The summed E-state index contributed by atoms with van der Waals surface area (Å²) in [5, 5.41) is 7.08. The fourth-order valence-electron chi connectivity index (χ4n) is 2.18. The van der Waals surface area contributed by atoms with Gasteiger partial charge in [0.2, 0.25) is 17.6 Å².